The predicted octanol–water partition coefficient (Wildman–Crippen LogP) is 5.01. The quantitative estimate of drug-likeness (QED) is 0.288. The van der Waals surface area contributed by atoms with Crippen LogP contribution in [0, 0.1) is 0 Å². The molecule has 0 saturated heterocycles. The summed E-state index contributed by atoms with van der Waals surface area (Å²) in [5, 5.41) is 10.6. The monoisotopic (exact) mass is 626 g/mol. The topological polar surface area (TPSA) is 120 Å². The largest absolute Gasteiger partial charge is 0.492 e. The lowest BCUT2D eigenvalue weighted by Crippen LogP contribution is -2.34. The molecule has 0 bridgehead atoms. The van der Waals surface area contributed by atoms with Crippen LogP contribution in [-0.2, 0) is 9.59 Å². The van der Waals surface area contributed by atoms with E-state index in [4.69, 9.17) is 14.2 Å². The van der Waals surface area contributed by atoms with Crippen molar-refractivity contribution < 1.29 is 23.8 Å². The average molecular weight is 628 g/mol. The number of allylic oxidation sites excluding steroid dienone is 1. The lowest BCUT2D eigenvalue weighted by Gasteiger charge is -2.29. The van der Waals surface area contributed by atoms with Crippen molar-refractivity contribution in [2.75, 3.05) is 43.5 Å². The fraction of sp³-hybridized carbons (Fsp3) is 0.379. The van der Waals surface area contributed by atoms with Gasteiger partial charge in [-0.25, -0.2) is 4.68 Å². The van der Waals surface area contributed by atoms with Crippen LogP contribution in [0.25, 0.3) is 0 Å². The lowest BCUT2D eigenvalue weighted by molar-refractivity contribution is -0.133. The molecule has 12 heteroatoms. The van der Waals surface area contributed by atoms with Gasteiger partial charge in [0.2, 0.25) is 5.95 Å². The summed E-state index contributed by atoms with van der Waals surface area (Å²) < 4.78 is 19.8. The molecule has 2 heterocycles. The number of aromatic nitrogens is 3. The first-order valence-electron chi connectivity index (χ1n) is 13.6. The molecule has 218 valence electrons. The Balaban J connectivity index is 1.73. The van der Waals surface area contributed by atoms with Crippen molar-refractivity contribution >= 4 is 39.4 Å². The number of nitrogens with one attached hydrogen (secondary N) is 2. The van der Waals surface area contributed by atoms with Crippen LogP contribution in [0.5, 0.6) is 17.2 Å². The molecule has 1 aromatic heterocycles. The molecule has 1 aliphatic rings. The zero-order valence-corrected chi connectivity index (χ0v) is 25.4. The highest BCUT2D eigenvalue weighted by atomic mass is 79.9. The minimum atomic E-state index is -0.644. The number of likely N-dealkylation sites (N-methyl/N-ethyl adjacent to an activating group) is 1. The van der Waals surface area contributed by atoms with Crippen molar-refractivity contribution in [1.29, 1.82) is 0 Å². The molecule has 2 amide bonds. The zero-order valence-electron chi connectivity index (χ0n) is 23.9. The first-order chi connectivity index (χ1) is 19.8. The van der Waals surface area contributed by atoms with E-state index in [1.807, 2.05) is 65.0 Å². The zero-order chi connectivity index (χ0) is 29.5. The number of carbonyl (C=O) groups is 2. The first-order valence-corrected chi connectivity index (χ1v) is 14.4. The standard InChI is InChI=1S/C29H35BrN6O5/c1-6-35(7-2)24(37)16-41-27-20(30)14-19(15-23(27)40-9-4)26-25(18(5)33-29-31-17-32-36(26)29)28(38)34-21-12-10-11-13-22(21)39-8-3/h10-15,17,26H,6-9,16H2,1-5H3,(H,34,38)(H,31,32,33). The number of halogens is 1. The number of ether oxygens (including phenoxy) is 3. The molecule has 0 spiro atoms. The SMILES string of the molecule is CCOc1ccccc1NC(=O)C1=C(C)Nc2ncnn2C1c1cc(Br)c(OCC(=O)N(CC)CC)c(OCC)c1. The summed E-state index contributed by atoms with van der Waals surface area (Å²) >= 11 is 3.62. The fourth-order valence-corrected chi connectivity index (χ4v) is 5.26. The Bertz CT molecular complexity index is 1430. The van der Waals surface area contributed by atoms with Crippen molar-refractivity contribution in [1.82, 2.24) is 19.7 Å². The molecule has 1 unspecified atom stereocenters. The summed E-state index contributed by atoms with van der Waals surface area (Å²) in [5.41, 5.74) is 2.33. The summed E-state index contributed by atoms with van der Waals surface area (Å²) in [4.78, 5) is 32.5. The van der Waals surface area contributed by atoms with Crippen LogP contribution in [0.4, 0.5) is 11.6 Å². The van der Waals surface area contributed by atoms with Crippen LogP contribution in [-0.4, -0.2) is 64.4 Å². The molecule has 1 aliphatic heterocycles. The van der Waals surface area contributed by atoms with Gasteiger partial charge in [0.05, 0.1) is 28.9 Å². The van der Waals surface area contributed by atoms with Crippen LogP contribution >= 0.6 is 15.9 Å². The molecule has 0 aliphatic carbocycles. The van der Waals surface area contributed by atoms with Gasteiger partial charge >= 0.3 is 0 Å². The van der Waals surface area contributed by atoms with Crippen LogP contribution in [0.3, 0.4) is 0 Å². The summed E-state index contributed by atoms with van der Waals surface area (Å²) in [7, 11) is 0. The van der Waals surface area contributed by atoms with Crippen LogP contribution in [0.15, 0.2) is 58.5 Å². The van der Waals surface area contributed by atoms with E-state index in [1.54, 1.807) is 15.6 Å². The maximum absolute atomic E-state index is 13.9. The van der Waals surface area contributed by atoms with Crippen molar-refractivity contribution in [2.24, 2.45) is 0 Å². The van der Waals surface area contributed by atoms with Crippen molar-refractivity contribution in [3.63, 3.8) is 0 Å². The second kappa shape index (κ2) is 13.5. The molecule has 3 aromatic rings. The first kappa shape index (κ1) is 29.9. The van der Waals surface area contributed by atoms with E-state index >= 15 is 0 Å². The molecule has 2 aromatic carbocycles. The molecule has 11 nitrogen and oxygen atoms in total. The van der Waals surface area contributed by atoms with Crippen LogP contribution < -0.4 is 24.8 Å². The predicted molar refractivity (Wildman–Crippen MR) is 159 cm³/mol. The molecule has 0 radical (unpaired) electrons. The van der Waals surface area contributed by atoms with Crippen LogP contribution in [0.2, 0.25) is 0 Å². The maximum atomic E-state index is 13.9. The fourth-order valence-electron chi connectivity index (χ4n) is 4.68. The third kappa shape index (κ3) is 6.48. The number of para-hydroxylation sites is 2. The number of fused-ring (bicyclic) bond motifs is 1. The summed E-state index contributed by atoms with van der Waals surface area (Å²) in [6.07, 6.45) is 1.43. The number of benzene rings is 2. The Morgan fingerprint density at radius 3 is 2.46 bits per heavy atom. The Hall–Kier alpha value is -4.06. The maximum Gasteiger partial charge on any atom is 0.260 e. The average Bonchev–Trinajstić information content (AvgIpc) is 3.41. The van der Waals surface area contributed by atoms with Crippen molar-refractivity contribution in [3.05, 3.63) is 64.0 Å². The van der Waals surface area contributed by atoms with E-state index in [1.165, 1.54) is 6.33 Å². The minimum absolute atomic E-state index is 0.121. The van der Waals surface area contributed by atoms with Crippen molar-refractivity contribution in [3.8, 4) is 17.2 Å². The molecule has 0 saturated carbocycles. The van der Waals surface area contributed by atoms with Gasteiger partial charge in [0.1, 0.15) is 18.1 Å². The molecule has 0 fully saturated rings. The molecule has 1 atom stereocenters. The van der Waals surface area contributed by atoms with Gasteiger partial charge in [-0.2, -0.15) is 10.1 Å². The van der Waals surface area contributed by atoms with Gasteiger partial charge in [0, 0.05) is 18.8 Å². The second-order valence-corrected chi connectivity index (χ2v) is 9.95. The number of hydrogen-bond donors (Lipinski definition) is 2. The van der Waals surface area contributed by atoms with Gasteiger partial charge in [-0.15, -0.1) is 0 Å². The van der Waals surface area contributed by atoms with Gasteiger partial charge in [-0.1, -0.05) is 12.1 Å². The van der Waals surface area contributed by atoms with E-state index in [-0.39, 0.29) is 18.4 Å². The van der Waals surface area contributed by atoms with E-state index < -0.39 is 6.04 Å². The molecule has 4 rings (SSSR count). The third-order valence-corrected chi connectivity index (χ3v) is 7.17. The van der Waals surface area contributed by atoms with Gasteiger partial charge < -0.3 is 29.7 Å². The molecular formula is C29H35BrN6O5. The summed E-state index contributed by atoms with van der Waals surface area (Å²) in [5.74, 6) is 1.46. The summed E-state index contributed by atoms with van der Waals surface area (Å²) in [6, 6.07) is 10.3. The normalized spacial score (nSPS) is 14.1. The minimum Gasteiger partial charge on any atom is -0.492 e. The highest BCUT2D eigenvalue weighted by Gasteiger charge is 2.35. The van der Waals surface area contributed by atoms with Gasteiger partial charge in [0.15, 0.2) is 18.1 Å². The lowest BCUT2D eigenvalue weighted by atomic mass is 9.94. The number of anilines is 2. The third-order valence-electron chi connectivity index (χ3n) is 6.58. The van der Waals surface area contributed by atoms with Gasteiger partial charge in [-0.3, -0.25) is 9.59 Å². The second-order valence-electron chi connectivity index (χ2n) is 9.10. The Morgan fingerprint density at radius 2 is 1.76 bits per heavy atom. The highest BCUT2D eigenvalue weighted by molar-refractivity contribution is 9.10. The van der Waals surface area contributed by atoms with Gasteiger partial charge in [-0.05, 0) is 80.4 Å². The highest BCUT2D eigenvalue weighted by Crippen LogP contribution is 2.43. The van der Waals surface area contributed by atoms with Crippen molar-refractivity contribution in [2.45, 2.75) is 40.7 Å². The number of nitrogens with zero attached hydrogens (tertiary/aromatic N) is 4. The molecule has 41 heavy (non-hydrogen) atoms. The van der Waals surface area contributed by atoms with Gasteiger partial charge in [0.25, 0.3) is 11.8 Å². The summed E-state index contributed by atoms with van der Waals surface area (Å²) in [6.45, 7) is 11.3. The van der Waals surface area contributed by atoms with E-state index in [0.717, 1.165) is 0 Å². The number of rotatable bonds is 12. The number of carbonyl (C=O) groups excluding carboxylic acids is 2. The van der Waals surface area contributed by atoms with Crippen LogP contribution in [0.1, 0.15) is 46.2 Å². The smallest absolute Gasteiger partial charge is 0.260 e. The number of amides is 2. The van der Waals surface area contributed by atoms with E-state index in [0.29, 0.717) is 76.5 Å². The molecular weight excluding hydrogens is 592 g/mol. The molecule has 2 N–H and O–H groups in total. The Kier molecular flexibility index (Phi) is 9.87. The Morgan fingerprint density at radius 1 is 1.05 bits per heavy atom. The number of hydrogen-bond acceptors (Lipinski definition) is 8. The van der Waals surface area contributed by atoms with E-state index in [2.05, 4.69) is 36.6 Å². The van der Waals surface area contributed by atoms with E-state index in [9.17, 15) is 9.59 Å². The Labute approximate surface area is 248 Å².